The molecule has 0 saturated heterocycles. The van der Waals surface area contributed by atoms with Crippen LogP contribution < -0.4 is 10.4 Å². The molecule has 0 heterocycles. The molecule has 0 saturated carbocycles. The van der Waals surface area contributed by atoms with Gasteiger partial charge in [-0.2, -0.15) is 0 Å². The number of benzene rings is 2. The van der Waals surface area contributed by atoms with Crippen molar-refractivity contribution in [3.05, 3.63) is 60.7 Å². The molecule has 0 bridgehead atoms. The fraction of sp³-hybridized carbons (Fsp3) is 0.458. The summed E-state index contributed by atoms with van der Waals surface area (Å²) in [5, 5.41) is 11.5. The van der Waals surface area contributed by atoms with Crippen LogP contribution in [0.2, 0.25) is 5.04 Å². The Labute approximate surface area is 186 Å². The SMILES string of the molecule is COC(CCO[Si](c1ccccc1)(c1ccccc1)C(C)(C)C)(CN(C)C(=O)O)OC. The third kappa shape index (κ3) is 5.54. The first-order chi connectivity index (χ1) is 14.6. The molecule has 2 aromatic carbocycles. The van der Waals surface area contributed by atoms with Gasteiger partial charge in [0.25, 0.3) is 8.32 Å². The van der Waals surface area contributed by atoms with Gasteiger partial charge in [0.05, 0.1) is 6.54 Å². The Balaban J connectivity index is 2.41. The maximum Gasteiger partial charge on any atom is 0.407 e. The molecule has 0 spiro atoms. The van der Waals surface area contributed by atoms with Crippen molar-refractivity contribution in [2.75, 3.05) is 34.4 Å². The molecule has 6 nitrogen and oxygen atoms in total. The van der Waals surface area contributed by atoms with Crippen molar-refractivity contribution in [2.45, 2.75) is 38.0 Å². The van der Waals surface area contributed by atoms with Gasteiger partial charge in [-0.1, -0.05) is 81.4 Å². The summed E-state index contributed by atoms with van der Waals surface area (Å²) in [6.45, 7) is 7.10. The van der Waals surface area contributed by atoms with Crippen molar-refractivity contribution in [1.29, 1.82) is 0 Å². The fourth-order valence-electron chi connectivity index (χ4n) is 4.05. The summed E-state index contributed by atoms with van der Waals surface area (Å²) in [6.07, 6.45) is -0.645. The monoisotopic (exact) mass is 445 g/mol. The van der Waals surface area contributed by atoms with Crippen LogP contribution in [0.15, 0.2) is 60.7 Å². The summed E-state index contributed by atoms with van der Waals surface area (Å²) in [5.41, 5.74) is 0. The first-order valence-electron chi connectivity index (χ1n) is 10.4. The van der Waals surface area contributed by atoms with Crippen LogP contribution in [0.25, 0.3) is 0 Å². The maximum absolute atomic E-state index is 11.3. The molecule has 0 aromatic heterocycles. The minimum atomic E-state index is -2.68. The molecule has 0 radical (unpaired) electrons. The molecule has 0 fully saturated rings. The second-order valence-corrected chi connectivity index (χ2v) is 13.0. The predicted molar refractivity (Wildman–Crippen MR) is 126 cm³/mol. The average Bonchev–Trinajstić information content (AvgIpc) is 2.76. The number of hydrogen-bond donors (Lipinski definition) is 1. The first kappa shape index (κ1) is 25.1. The highest BCUT2D eigenvalue weighted by atomic mass is 28.4. The molecular formula is C24H35NO5Si. The number of methoxy groups -OCH3 is 2. The largest absolute Gasteiger partial charge is 0.465 e. The zero-order chi connectivity index (χ0) is 23.1. The van der Waals surface area contributed by atoms with Crippen LogP contribution in [0.1, 0.15) is 27.2 Å². The standard InChI is InChI=1S/C24H35NO5Si/c1-23(2,3)31(20-13-9-7-10-14-20,21-15-11-8-12-16-21)30-18-17-24(28-5,29-6)19-25(4)22(26)27/h7-16H,17-19H2,1-6H3,(H,26,27). The maximum atomic E-state index is 11.3. The Morgan fingerprint density at radius 3 is 1.74 bits per heavy atom. The lowest BCUT2D eigenvalue weighted by molar-refractivity contribution is -0.219. The average molecular weight is 446 g/mol. The van der Waals surface area contributed by atoms with Crippen LogP contribution in [0.3, 0.4) is 0 Å². The Bertz CT molecular complexity index is 779. The molecule has 7 heteroatoms. The lowest BCUT2D eigenvalue weighted by Crippen LogP contribution is -2.67. The van der Waals surface area contributed by atoms with E-state index in [9.17, 15) is 9.90 Å². The van der Waals surface area contributed by atoms with Gasteiger partial charge in [0.1, 0.15) is 0 Å². The number of hydrogen-bond acceptors (Lipinski definition) is 4. The van der Waals surface area contributed by atoms with Crippen molar-refractivity contribution < 1.29 is 23.8 Å². The molecule has 170 valence electrons. The molecule has 2 aromatic rings. The van der Waals surface area contributed by atoms with E-state index in [-0.39, 0.29) is 11.6 Å². The molecule has 0 atom stereocenters. The lowest BCUT2D eigenvalue weighted by atomic mass is 10.2. The second-order valence-electron chi connectivity index (χ2n) is 8.72. The van der Waals surface area contributed by atoms with Gasteiger partial charge >= 0.3 is 6.09 Å². The molecule has 1 N–H and O–H groups in total. The third-order valence-corrected chi connectivity index (χ3v) is 10.8. The van der Waals surface area contributed by atoms with Gasteiger partial charge in [0.15, 0.2) is 5.79 Å². The van der Waals surface area contributed by atoms with Gasteiger partial charge in [-0.05, 0) is 15.4 Å². The number of ether oxygens (including phenoxy) is 2. The Kier molecular flexibility index (Phi) is 8.42. The number of nitrogens with zero attached hydrogens (tertiary/aromatic N) is 1. The fourth-order valence-corrected chi connectivity index (χ4v) is 8.61. The van der Waals surface area contributed by atoms with E-state index in [1.54, 1.807) is 0 Å². The van der Waals surface area contributed by atoms with Gasteiger partial charge in [0.2, 0.25) is 0 Å². The Morgan fingerprint density at radius 2 is 1.39 bits per heavy atom. The summed E-state index contributed by atoms with van der Waals surface area (Å²) in [6, 6.07) is 20.8. The van der Waals surface area contributed by atoms with Crippen molar-refractivity contribution in [1.82, 2.24) is 4.90 Å². The van der Waals surface area contributed by atoms with E-state index in [2.05, 4.69) is 45.0 Å². The van der Waals surface area contributed by atoms with Gasteiger partial charge < -0.3 is 23.9 Å². The van der Waals surface area contributed by atoms with Gasteiger partial charge in [-0.25, -0.2) is 4.79 Å². The van der Waals surface area contributed by atoms with Crippen molar-refractivity contribution in [3.63, 3.8) is 0 Å². The van der Waals surface area contributed by atoms with Crippen molar-refractivity contribution in [3.8, 4) is 0 Å². The summed E-state index contributed by atoms with van der Waals surface area (Å²) in [4.78, 5) is 12.5. The molecule has 0 aliphatic rings. The van der Waals surface area contributed by atoms with E-state index >= 15 is 0 Å². The number of carboxylic acid groups (broad SMARTS) is 1. The predicted octanol–water partition coefficient (Wildman–Crippen LogP) is 3.55. The van der Waals surface area contributed by atoms with Crippen molar-refractivity contribution in [2.24, 2.45) is 0 Å². The van der Waals surface area contributed by atoms with Gasteiger partial charge in [-0.3, -0.25) is 0 Å². The highest BCUT2D eigenvalue weighted by Gasteiger charge is 2.50. The molecule has 1 amide bonds. The quantitative estimate of drug-likeness (QED) is 0.447. The first-order valence-corrected chi connectivity index (χ1v) is 12.3. The molecule has 0 aliphatic heterocycles. The summed E-state index contributed by atoms with van der Waals surface area (Å²) >= 11 is 0. The zero-order valence-corrected chi connectivity index (χ0v) is 20.4. The normalized spacial score (nSPS) is 12.6. The zero-order valence-electron chi connectivity index (χ0n) is 19.4. The van der Waals surface area contributed by atoms with Crippen LogP contribution in [-0.2, 0) is 13.9 Å². The van der Waals surface area contributed by atoms with Crippen LogP contribution in [0.5, 0.6) is 0 Å². The van der Waals surface area contributed by atoms with Crippen LogP contribution in [0.4, 0.5) is 4.79 Å². The van der Waals surface area contributed by atoms with E-state index in [0.29, 0.717) is 13.0 Å². The van der Waals surface area contributed by atoms with Crippen LogP contribution >= 0.6 is 0 Å². The summed E-state index contributed by atoms with van der Waals surface area (Å²) < 4.78 is 18.1. The van der Waals surface area contributed by atoms with E-state index in [1.165, 1.54) is 31.6 Å². The van der Waals surface area contributed by atoms with E-state index < -0.39 is 20.2 Å². The van der Waals surface area contributed by atoms with E-state index in [1.807, 2.05) is 36.4 Å². The second kappa shape index (κ2) is 10.4. The number of likely N-dealkylation sites (N-methyl/N-ethyl adjacent to an activating group) is 1. The molecule has 31 heavy (non-hydrogen) atoms. The smallest absolute Gasteiger partial charge is 0.407 e. The number of amides is 1. The van der Waals surface area contributed by atoms with E-state index in [4.69, 9.17) is 13.9 Å². The topological polar surface area (TPSA) is 68.2 Å². The minimum absolute atomic E-state index is 0.0828. The molecule has 2 rings (SSSR count). The Hall–Kier alpha value is -2.19. The summed E-state index contributed by atoms with van der Waals surface area (Å²) in [5.74, 6) is -1.08. The van der Waals surface area contributed by atoms with Crippen LogP contribution in [0, 0.1) is 0 Å². The molecule has 0 aliphatic carbocycles. The van der Waals surface area contributed by atoms with Crippen molar-refractivity contribution >= 4 is 24.8 Å². The Morgan fingerprint density at radius 1 is 0.935 bits per heavy atom. The third-order valence-electron chi connectivity index (χ3n) is 5.77. The highest BCUT2D eigenvalue weighted by Crippen LogP contribution is 2.37. The molecular weight excluding hydrogens is 410 g/mol. The minimum Gasteiger partial charge on any atom is -0.465 e. The number of carbonyl (C=O) groups is 1. The van der Waals surface area contributed by atoms with E-state index in [0.717, 1.165) is 4.90 Å². The highest BCUT2D eigenvalue weighted by molar-refractivity contribution is 6.99. The number of rotatable bonds is 10. The van der Waals surface area contributed by atoms with Crippen LogP contribution in [-0.4, -0.2) is 64.6 Å². The molecule has 0 unspecified atom stereocenters. The van der Waals surface area contributed by atoms with Gasteiger partial charge in [-0.15, -0.1) is 0 Å². The van der Waals surface area contributed by atoms with Gasteiger partial charge in [0, 0.05) is 34.3 Å². The lowest BCUT2D eigenvalue weighted by Gasteiger charge is -2.44. The summed E-state index contributed by atoms with van der Waals surface area (Å²) in [7, 11) is 1.88.